The van der Waals surface area contributed by atoms with E-state index in [1.54, 1.807) is 38.1 Å². The fourth-order valence-corrected chi connectivity index (χ4v) is 1.68. The van der Waals surface area contributed by atoms with Crippen molar-refractivity contribution in [2.45, 2.75) is 32.3 Å². The SMILES string of the molecule is CCC(=O)OC(CC)(C(N)=O)c1ccccc1. The van der Waals surface area contributed by atoms with Gasteiger partial charge in [-0.05, 0) is 6.42 Å². The third-order valence-electron chi connectivity index (χ3n) is 2.71. The van der Waals surface area contributed by atoms with Crippen LogP contribution in [-0.2, 0) is 19.9 Å². The normalized spacial score (nSPS) is 13.8. The van der Waals surface area contributed by atoms with Gasteiger partial charge in [0.1, 0.15) is 0 Å². The first-order valence-corrected chi connectivity index (χ1v) is 5.64. The van der Waals surface area contributed by atoms with E-state index in [2.05, 4.69) is 0 Å². The van der Waals surface area contributed by atoms with Crippen LogP contribution in [0, 0.1) is 0 Å². The topological polar surface area (TPSA) is 69.4 Å². The predicted molar refractivity (Wildman–Crippen MR) is 64.0 cm³/mol. The number of hydrogen-bond donors (Lipinski definition) is 1. The Morgan fingerprint density at radius 3 is 2.24 bits per heavy atom. The Bertz CT molecular complexity index is 402. The van der Waals surface area contributed by atoms with Gasteiger partial charge in [-0.1, -0.05) is 44.2 Å². The fraction of sp³-hybridized carbons (Fsp3) is 0.385. The van der Waals surface area contributed by atoms with Crippen molar-refractivity contribution in [2.24, 2.45) is 5.73 Å². The summed E-state index contributed by atoms with van der Waals surface area (Å²) in [6, 6.07) is 8.85. The highest BCUT2D eigenvalue weighted by atomic mass is 16.6. The van der Waals surface area contributed by atoms with Crippen molar-refractivity contribution in [3.05, 3.63) is 35.9 Å². The lowest BCUT2D eigenvalue weighted by Gasteiger charge is -2.29. The van der Waals surface area contributed by atoms with Gasteiger partial charge >= 0.3 is 5.97 Å². The number of rotatable bonds is 5. The standard InChI is InChI=1S/C13H17NO3/c1-3-11(15)17-13(4-2,12(14)16)10-8-6-5-7-9-10/h5-9H,3-4H2,1-2H3,(H2,14,16). The molecule has 0 fully saturated rings. The molecule has 1 rings (SSSR count). The largest absolute Gasteiger partial charge is 0.444 e. The minimum absolute atomic E-state index is 0.210. The first-order valence-electron chi connectivity index (χ1n) is 5.64. The van der Waals surface area contributed by atoms with Crippen LogP contribution in [0.25, 0.3) is 0 Å². The molecule has 2 N–H and O–H groups in total. The Labute approximate surface area is 101 Å². The molecule has 1 amide bonds. The number of hydrogen-bond acceptors (Lipinski definition) is 3. The van der Waals surface area contributed by atoms with Crippen LogP contribution in [0.2, 0.25) is 0 Å². The molecule has 0 aliphatic rings. The summed E-state index contributed by atoms with van der Waals surface area (Å²) in [7, 11) is 0. The van der Waals surface area contributed by atoms with Crippen molar-refractivity contribution in [1.29, 1.82) is 0 Å². The van der Waals surface area contributed by atoms with Crippen molar-refractivity contribution >= 4 is 11.9 Å². The number of nitrogens with two attached hydrogens (primary N) is 1. The monoisotopic (exact) mass is 235 g/mol. The molecule has 0 aliphatic heterocycles. The summed E-state index contributed by atoms with van der Waals surface area (Å²) >= 11 is 0. The van der Waals surface area contributed by atoms with Crippen molar-refractivity contribution in [2.75, 3.05) is 0 Å². The lowest BCUT2D eigenvalue weighted by molar-refractivity contribution is -0.169. The summed E-state index contributed by atoms with van der Waals surface area (Å²) in [5.41, 5.74) is 4.66. The van der Waals surface area contributed by atoms with Crippen LogP contribution in [0.5, 0.6) is 0 Å². The number of esters is 1. The van der Waals surface area contributed by atoms with Crippen LogP contribution in [0.1, 0.15) is 32.3 Å². The Balaban J connectivity index is 3.18. The Kier molecular flexibility index (Phi) is 4.26. The van der Waals surface area contributed by atoms with Crippen molar-refractivity contribution < 1.29 is 14.3 Å². The van der Waals surface area contributed by atoms with Gasteiger partial charge in [0.15, 0.2) is 0 Å². The van der Waals surface area contributed by atoms with E-state index in [0.29, 0.717) is 12.0 Å². The van der Waals surface area contributed by atoms with Crippen LogP contribution in [0.3, 0.4) is 0 Å². The molecular formula is C13H17NO3. The maximum Gasteiger partial charge on any atom is 0.306 e. The number of benzene rings is 1. The third-order valence-corrected chi connectivity index (χ3v) is 2.71. The van der Waals surface area contributed by atoms with Crippen molar-refractivity contribution in [3.63, 3.8) is 0 Å². The second kappa shape index (κ2) is 5.48. The van der Waals surface area contributed by atoms with E-state index in [-0.39, 0.29) is 6.42 Å². The smallest absolute Gasteiger partial charge is 0.306 e. The summed E-state index contributed by atoms with van der Waals surface area (Å²) < 4.78 is 5.27. The number of primary amides is 1. The highest BCUT2D eigenvalue weighted by Gasteiger charge is 2.40. The second-order valence-corrected chi connectivity index (χ2v) is 3.74. The van der Waals surface area contributed by atoms with Crippen LogP contribution < -0.4 is 5.73 Å². The lowest BCUT2D eigenvalue weighted by atomic mass is 9.90. The van der Waals surface area contributed by atoms with E-state index in [0.717, 1.165) is 0 Å². The molecule has 4 heteroatoms. The Hall–Kier alpha value is -1.84. The summed E-state index contributed by atoms with van der Waals surface area (Å²) in [6.45, 7) is 3.44. The molecule has 0 heterocycles. The number of carbonyl (C=O) groups excluding carboxylic acids is 2. The highest BCUT2D eigenvalue weighted by molar-refractivity contribution is 5.87. The molecule has 1 aromatic rings. The maximum atomic E-state index is 11.6. The molecule has 0 bridgehead atoms. The molecule has 0 spiro atoms. The maximum absolute atomic E-state index is 11.6. The Morgan fingerprint density at radius 1 is 1.24 bits per heavy atom. The van der Waals surface area contributed by atoms with E-state index in [9.17, 15) is 9.59 Å². The summed E-state index contributed by atoms with van der Waals surface area (Å²) in [5.74, 6) is -1.08. The molecule has 1 aromatic carbocycles. The minimum atomic E-state index is -1.35. The Morgan fingerprint density at radius 2 is 1.82 bits per heavy atom. The van der Waals surface area contributed by atoms with Gasteiger partial charge in [0.05, 0.1) is 0 Å². The predicted octanol–water partition coefficient (Wildman–Crippen LogP) is 1.73. The summed E-state index contributed by atoms with van der Waals surface area (Å²) in [6.07, 6.45) is 0.528. The number of ether oxygens (including phenoxy) is 1. The minimum Gasteiger partial charge on any atom is -0.444 e. The van der Waals surface area contributed by atoms with Gasteiger partial charge in [-0.2, -0.15) is 0 Å². The van der Waals surface area contributed by atoms with Gasteiger partial charge in [0.2, 0.25) is 5.60 Å². The zero-order valence-corrected chi connectivity index (χ0v) is 10.1. The van der Waals surface area contributed by atoms with Crippen LogP contribution in [0.4, 0.5) is 0 Å². The molecule has 17 heavy (non-hydrogen) atoms. The zero-order chi connectivity index (χ0) is 12.9. The molecule has 0 saturated heterocycles. The zero-order valence-electron chi connectivity index (χ0n) is 10.1. The average Bonchev–Trinajstić information content (AvgIpc) is 2.36. The van der Waals surface area contributed by atoms with Gasteiger partial charge in [0, 0.05) is 12.0 Å². The molecule has 0 aliphatic carbocycles. The van der Waals surface area contributed by atoms with E-state index < -0.39 is 17.5 Å². The summed E-state index contributed by atoms with van der Waals surface area (Å²) in [5, 5.41) is 0. The highest BCUT2D eigenvalue weighted by Crippen LogP contribution is 2.29. The second-order valence-electron chi connectivity index (χ2n) is 3.74. The van der Waals surface area contributed by atoms with E-state index in [4.69, 9.17) is 10.5 Å². The van der Waals surface area contributed by atoms with Gasteiger partial charge in [0.25, 0.3) is 5.91 Å². The first kappa shape index (κ1) is 13.2. The molecule has 1 atom stereocenters. The van der Waals surface area contributed by atoms with Crippen LogP contribution in [-0.4, -0.2) is 11.9 Å². The van der Waals surface area contributed by atoms with Gasteiger partial charge in [-0.15, -0.1) is 0 Å². The fourth-order valence-electron chi connectivity index (χ4n) is 1.68. The van der Waals surface area contributed by atoms with Gasteiger partial charge in [-0.25, -0.2) is 0 Å². The third kappa shape index (κ3) is 2.64. The molecule has 1 unspecified atom stereocenters. The van der Waals surface area contributed by atoms with E-state index in [1.165, 1.54) is 0 Å². The quantitative estimate of drug-likeness (QED) is 0.790. The van der Waals surface area contributed by atoms with E-state index in [1.807, 2.05) is 6.07 Å². The molecule has 0 radical (unpaired) electrons. The first-order chi connectivity index (χ1) is 8.06. The number of carbonyl (C=O) groups is 2. The summed E-state index contributed by atoms with van der Waals surface area (Å²) in [4.78, 5) is 23.1. The molecule has 4 nitrogen and oxygen atoms in total. The van der Waals surface area contributed by atoms with Gasteiger partial charge < -0.3 is 10.5 Å². The lowest BCUT2D eigenvalue weighted by Crippen LogP contribution is -2.44. The molecule has 0 aromatic heterocycles. The van der Waals surface area contributed by atoms with Crippen LogP contribution in [0.15, 0.2) is 30.3 Å². The molecule has 92 valence electrons. The average molecular weight is 235 g/mol. The van der Waals surface area contributed by atoms with Crippen LogP contribution >= 0.6 is 0 Å². The van der Waals surface area contributed by atoms with Crippen molar-refractivity contribution in [3.8, 4) is 0 Å². The van der Waals surface area contributed by atoms with Crippen molar-refractivity contribution in [1.82, 2.24) is 0 Å². The van der Waals surface area contributed by atoms with E-state index >= 15 is 0 Å². The molecular weight excluding hydrogens is 218 g/mol. The number of amides is 1. The molecule has 0 saturated carbocycles. The van der Waals surface area contributed by atoms with Gasteiger partial charge in [-0.3, -0.25) is 9.59 Å².